The first-order valence-electron chi connectivity index (χ1n) is 7.58. The molecule has 0 N–H and O–H groups in total. The Hall–Kier alpha value is -2.58. The monoisotopic (exact) mass is 357 g/mol. The summed E-state index contributed by atoms with van der Waals surface area (Å²) in [5.41, 5.74) is 0.662. The normalized spacial score (nSPS) is 11.6. The van der Waals surface area contributed by atoms with Crippen molar-refractivity contribution in [1.82, 2.24) is 15.1 Å². The molecule has 25 heavy (non-hydrogen) atoms. The minimum Gasteiger partial charge on any atom is -0.484 e. The Morgan fingerprint density at radius 2 is 1.96 bits per heavy atom. The van der Waals surface area contributed by atoms with E-state index in [0.29, 0.717) is 17.2 Å². The van der Waals surface area contributed by atoms with E-state index >= 15 is 0 Å². The summed E-state index contributed by atoms with van der Waals surface area (Å²) in [5, 5.41) is 7.31. The van der Waals surface area contributed by atoms with E-state index in [9.17, 15) is 18.0 Å². The first-order chi connectivity index (χ1) is 11.7. The van der Waals surface area contributed by atoms with Gasteiger partial charge in [-0.3, -0.25) is 4.79 Å². The first-order valence-corrected chi connectivity index (χ1v) is 7.58. The van der Waals surface area contributed by atoms with Crippen molar-refractivity contribution in [3.8, 4) is 17.2 Å². The molecular formula is C16H18F3N3O3. The third-order valence-corrected chi connectivity index (χ3v) is 3.13. The predicted octanol–water partition coefficient (Wildman–Crippen LogP) is 3.16. The zero-order valence-corrected chi connectivity index (χ0v) is 13.8. The second-order valence-corrected chi connectivity index (χ2v) is 5.84. The van der Waals surface area contributed by atoms with Crippen molar-refractivity contribution >= 4 is 5.91 Å². The number of alkyl halides is 3. The molecule has 9 heteroatoms. The maximum Gasteiger partial charge on any atom is 0.406 e. The third kappa shape index (κ3) is 6.09. The van der Waals surface area contributed by atoms with E-state index in [1.807, 2.05) is 0 Å². The van der Waals surface area contributed by atoms with Crippen molar-refractivity contribution in [2.24, 2.45) is 5.92 Å². The van der Waals surface area contributed by atoms with Crippen molar-refractivity contribution in [3.63, 3.8) is 0 Å². The lowest BCUT2D eigenvalue weighted by atomic mass is 10.2. The van der Waals surface area contributed by atoms with Crippen LogP contribution in [0.25, 0.3) is 11.5 Å². The molecule has 1 amide bonds. The molecule has 0 radical (unpaired) electrons. The van der Waals surface area contributed by atoms with Gasteiger partial charge in [-0.05, 0) is 30.2 Å². The Morgan fingerprint density at radius 3 is 2.48 bits per heavy atom. The highest BCUT2D eigenvalue weighted by molar-refractivity contribution is 5.77. The molecule has 1 aromatic carbocycles. The van der Waals surface area contributed by atoms with Crippen LogP contribution in [0.3, 0.4) is 0 Å². The highest BCUT2D eigenvalue weighted by atomic mass is 19.4. The van der Waals surface area contributed by atoms with Crippen LogP contribution in [-0.2, 0) is 4.79 Å². The molecule has 0 bridgehead atoms. The first kappa shape index (κ1) is 18.8. The number of nitrogens with zero attached hydrogens (tertiary/aromatic N) is 3. The van der Waals surface area contributed by atoms with Crippen LogP contribution >= 0.6 is 0 Å². The average molecular weight is 357 g/mol. The summed E-state index contributed by atoms with van der Waals surface area (Å²) in [7, 11) is 0. The van der Waals surface area contributed by atoms with E-state index in [0.717, 1.165) is 4.90 Å². The Balaban J connectivity index is 1.94. The summed E-state index contributed by atoms with van der Waals surface area (Å²) in [6.45, 7) is 1.74. The lowest BCUT2D eigenvalue weighted by Gasteiger charge is -2.25. The number of hydrogen-bond donors (Lipinski definition) is 0. The fourth-order valence-electron chi connectivity index (χ4n) is 2.14. The van der Waals surface area contributed by atoms with Gasteiger partial charge in [-0.2, -0.15) is 13.2 Å². The summed E-state index contributed by atoms with van der Waals surface area (Å²) in [6, 6.07) is 6.44. The van der Waals surface area contributed by atoms with Crippen LogP contribution in [0.15, 0.2) is 35.1 Å². The Morgan fingerprint density at radius 1 is 1.28 bits per heavy atom. The largest absolute Gasteiger partial charge is 0.484 e. The van der Waals surface area contributed by atoms with Gasteiger partial charge < -0.3 is 14.1 Å². The number of ether oxygens (including phenoxy) is 1. The minimum atomic E-state index is -4.45. The molecule has 0 saturated heterocycles. The number of benzene rings is 1. The van der Waals surface area contributed by atoms with Crippen LogP contribution in [0, 0.1) is 5.92 Å². The van der Waals surface area contributed by atoms with Gasteiger partial charge in [0.2, 0.25) is 12.3 Å². The summed E-state index contributed by atoms with van der Waals surface area (Å²) >= 11 is 0. The molecule has 0 unspecified atom stereocenters. The van der Waals surface area contributed by atoms with Gasteiger partial charge in [0.15, 0.2) is 6.61 Å². The van der Waals surface area contributed by atoms with E-state index in [1.54, 1.807) is 38.1 Å². The van der Waals surface area contributed by atoms with Crippen LogP contribution in [0.1, 0.15) is 13.8 Å². The molecule has 1 heterocycles. The Kier molecular flexibility index (Phi) is 6.00. The van der Waals surface area contributed by atoms with E-state index in [-0.39, 0.29) is 12.5 Å². The van der Waals surface area contributed by atoms with E-state index in [4.69, 9.17) is 9.15 Å². The van der Waals surface area contributed by atoms with Crippen LogP contribution in [0.2, 0.25) is 0 Å². The molecule has 0 spiro atoms. The summed E-state index contributed by atoms with van der Waals surface area (Å²) in [6.07, 6.45) is -3.25. The quantitative estimate of drug-likeness (QED) is 0.761. The molecular weight excluding hydrogens is 339 g/mol. The average Bonchev–Trinajstić information content (AvgIpc) is 3.05. The molecule has 6 nitrogen and oxygen atoms in total. The molecule has 2 rings (SSSR count). The standard InChI is InChI=1S/C16H18F3N3O3/c1-11(2)7-22(9-16(17,18)19)14(23)8-24-13-5-3-12(4-6-13)15-21-20-10-25-15/h3-6,10-11H,7-9H2,1-2H3. The summed E-state index contributed by atoms with van der Waals surface area (Å²) in [4.78, 5) is 12.8. The topological polar surface area (TPSA) is 68.5 Å². The van der Waals surface area contributed by atoms with Crippen molar-refractivity contribution in [1.29, 1.82) is 0 Å². The molecule has 0 saturated carbocycles. The third-order valence-electron chi connectivity index (χ3n) is 3.13. The molecule has 0 atom stereocenters. The maximum atomic E-state index is 12.6. The smallest absolute Gasteiger partial charge is 0.406 e. The second-order valence-electron chi connectivity index (χ2n) is 5.84. The zero-order chi connectivity index (χ0) is 18.4. The van der Waals surface area contributed by atoms with E-state index in [2.05, 4.69) is 10.2 Å². The SMILES string of the molecule is CC(C)CN(CC(F)(F)F)C(=O)COc1ccc(-c2nnco2)cc1. The van der Waals surface area contributed by atoms with E-state index in [1.165, 1.54) is 6.39 Å². The van der Waals surface area contributed by atoms with Gasteiger partial charge in [-0.1, -0.05) is 13.8 Å². The molecule has 0 aliphatic carbocycles. The van der Waals surface area contributed by atoms with Crippen LogP contribution in [-0.4, -0.2) is 46.9 Å². The number of amides is 1. The number of carbonyl (C=O) groups is 1. The number of rotatable bonds is 7. The molecule has 0 aliphatic rings. The highest BCUT2D eigenvalue weighted by Crippen LogP contribution is 2.21. The number of hydrogen-bond acceptors (Lipinski definition) is 5. The Bertz CT molecular complexity index is 670. The molecule has 1 aromatic heterocycles. The van der Waals surface area contributed by atoms with Crippen LogP contribution in [0.4, 0.5) is 13.2 Å². The number of aromatic nitrogens is 2. The van der Waals surface area contributed by atoms with Gasteiger partial charge in [-0.25, -0.2) is 0 Å². The predicted molar refractivity (Wildman–Crippen MR) is 82.7 cm³/mol. The van der Waals surface area contributed by atoms with Crippen molar-refractivity contribution in [2.45, 2.75) is 20.0 Å². The molecule has 2 aromatic rings. The zero-order valence-electron chi connectivity index (χ0n) is 13.8. The molecule has 0 aliphatic heterocycles. The van der Waals surface area contributed by atoms with Crippen LogP contribution in [0.5, 0.6) is 5.75 Å². The summed E-state index contributed by atoms with van der Waals surface area (Å²) < 4.78 is 48.1. The van der Waals surface area contributed by atoms with Gasteiger partial charge in [0, 0.05) is 12.1 Å². The number of halogens is 3. The van der Waals surface area contributed by atoms with Crippen molar-refractivity contribution in [2.75, 3.05) is 19.7 Å². The summed E-state index contributed by atoms with van der Waals surface area (Å²) in [5.74, 6) is -0.115. The minimum absolute atomic E-state index is 0.0117. The number of carbonyl (C=O) groups excluding carboxylic acids is 1. The van der Waals surface area contributed by atoms with Crippen molar-refractivity contribution < 1.29 is 27.1 Å². The van der Waals surface area contributed by atoms with Gasteiger partial charge in [-0.15, -0.1) is 10.2 Å². The van der Waals surface area contributed by atoms with E-state index < -0.39 is 25.2 Å². The fourth-order valence-corrected chi connectivity index (χ4v) is 2.14. The molecule has 136 valence electrons. The fraction of sp³-hybridized carbons (Fsp3) is 0.438. The van der Waals surface area contributed by atoms with Crippen LogP contribution < -0.4 is 4.74 Å². The second kappa shape index (κ2) is 8.00. The van der Waals surface area contributed by atoms with Gasteiger partial charge in [0.25, 0.3) is 5.91 Å². The lowest BCUT2D eigenvalue weighted by Crippen LogP contribution is -2.43. The maximum absolute atomic E-state index is 12.6. The highest BCUT2D eigenvalue weighted by Gasteiger charge is 2.33. The van der Waals surface area contributed by atoms with Crippen molar-refractivity contribution in [3.05, 3.63) is 30.7 Å². The van der Waals surface area contributed by atoms with Gasteiger partial charge >= 0.3 is 6.18 Å². The Labute approximate surface area is 142 Å². The lowest BCUT2D eigenvalue weighted by molar-refractivity contribution is -0.163. The molecule has 0 fully saturated rings. The van der Waals surface area contributed by atoms with Gasteiger partial charge in [0.1, 0.15) is 12.3 Å². The van der Waals surface area contributed by atoms with Gasteiger partial charge in [0.05, 0.1) is 0 Å².